The van der Waals surface area contributed by atoms with Crippen molar-refractivity contribution in [2.75, 3.05) is 5.32 Å². The van der Waals surface area contributed by atoms with Crippen molar-refractivity contribution in [1.29, 1.82) is 0 Å². The van der Waals surface area contributed by atoms with E-state index >= 15 is 0 Å². The van der Waals surface area contributed by atoms with Gasteiger partial charge in [-0.15, -0.1) is 5.10 Å². The molecule has 1 amide bonds. The molecule has 150 valence electrons. The van der Waals surface area contributed by atoms with Crippen LogP contribution in [0.5, 0.6) is 0 Å². The minimum Gasteiger partial charge on any atom is -0.319 e. The first-order chi connectivity index (χ1) is 14.5. The fourth-order valence-electron chi connectivity index (χ4n) is 3.46. The van der Waals surface area contributed by atoms with E-state index in [1.807, 2.05) is 87.5 Å². The van der Waals surface area contributed by atoms with Crippen LogP contribution in [-0.2, 0) is 6.42 Å². The number of benzene rings is 3. The molecule has 1 N–H and O–H groups in total. The average Bonchev–Trinajstić information content (AvgIpc) is 3.12. The number of carbonyl (C=O) groups is 1. The van der Waals surface area contributed by atoms with Crippen LogP contribution in [0.15, 0.2) is 72.8 Å². The number of nitrogens with one attached hydrogen (secondary N) is 1. The Labute approximate surface area is 176 Å². The maximum absolute atomic E-state index is 12.9. The Balaban J connectivity index is 1.68. The monoisotopic (exact) mass is 396 g/mol. The van der Waals surface area contributed by atoms with Crippen molar-refractivity contribution in [3.05, 3.63) is 107 Å². The van der Waals surface area contributed by atoms with Gasteiger partial charge in [0.25, 0.3) is 5.91 Å². The lowest BCUT2D eigenvalue weighted by Gasteiger charge is -2.06. The van der Waals surface area contributed by atoms with Gasteiger partial charge in [-0.1, -0.05) is 54.1 Å². The van der Waals surface area contributed by atoms with Crippen LogP contribution < -0.4 is 5.32 Å². The molecule has 0 aliphatic rings. The fourth-order valence-corrected chi connectivity index (χ4v) is 3.46. The highest BCUT2D eigenvalue weighted by Crippen LogP contribution is 2.17. The Kier molecular flexibility index (Phi) is 5.44. The normalized spacial score (nSPS) is 10.8. The molecule has 0 unspecified atom stereocenters. The predicted molar refractivity (Wildman–Crippen MR) is 119 cm³/mol. The van der Waals surface area contributed by atoms with Gasteiger partial charge in [-0.25, -0.2) is 9.67 Å². The Bertz CT molecular complexity index is 1160. The van der Waals surface area contributed by atoms with Crippen LogP contribution >= 0.6 is 0 Å². The lowest BCUT2D eigenvalue weighted by atomic mass is 10.1. The summed E-state index contributed by atoms with van der Waals surface area (Å²) in [5.41, 5.74) is 6.08. The summed E-state index contributed by atoms with van der Waals surface area (Å²) in [5.74, 6) is 0.552. The Morgan fingerprint density at radius 2 is 1.53 bits per heavy atom. The van der Waals surface area contributed by atoms with Gasteiger partial charge in [-0.3, -0.25) is 4.79 Å². The van der Waals surface area contributed by atoms with Gasteiger partial charge < -0.3 is 5.32 Å². The number of hydrogen-bond donors (Lipinski definition) is 1. The second-order valence-electron chi connectivity index (χ2n) is 7.59. The molecule has 1 aromatic heterocycles. The molecule has 0 aliphatic heterocycles. The number of rotatable bonds is 5. The minimum atomic E-state index is -0.319. The largest absolute Gasteiger partial charge is 0.319 e. The average molecular weight is 396 g/mol. The predicted octanol–water partition coefficient (Wildman–Crippen LogP) is 5.04. The molecule has 0 spiro atoms. The van der Waals surface area contributed by atoms with Crippen molar-refractivity contribution >= 4 is 11.6 Å². The SMILES string of the molecule is Cc1ccc(-n2nc(C(=O)Nc3cc(C)cc(C)c3)nc2Cc2ccccc2)cc1. The molecule has 1 heterocycles. The molecule has 0 bridgehead atoms. The summed E-state index contributed by atoms with van der Waals surface area (Å²) in [6.07, 6.45) is 0.582. The second kappa shape index (κ2) is 8.33. The number of carbonyl (C=O) groups excluding carboxylic acids is 1. The first kappa shape index (κ1) is 19.6. The van der Waals surface area contributed by atoms with Crippen LogP contribution in [0.3, 0.4) is 0 Å². The van der Waals surface area contributed by atoms with Crippen molar-refractivity contribution in [3.63, 3.8) is 0 Å². The first-order valence-electron chi connectivity index (χ1n) is 9.94. The van der Waals surface area contributed by atoms with Crippen LogP contribution in [0.4, 0.5) is 5.69 Å². The van der Waals surface area contributed by atoms with Crippen LogP contribution in [0.2, 0.25) is 0 Å². The highest BCUT2D eigenvalue weighted by molar-refractivity contribution is 6.01. The highest BCUT2D eigenvalue weighted by Gasteiger charge is 2.18. The molecule has 0 aliphatic carbocycles. The van der Waals surface area contributed by atoms with Crippen LogP contribution in [0, 0.1) is 20.8 Å². The van der Waals surface area contributed by atoms with E-state index in [-0.39, 0.29) is 11.7 Å². The van der Waals surface area contributed by atoms with E-state index in [0.717, 1.165) is 39.5 Å². The number of aromatic nitrogens is 3. The molecule has 4 aromatic rings. The third-order valence-corrected chi connectivity index (χ3v) is 4.84. The molecule has 0 saturated heterocycles. The van der Waals surface area contributed by atoms with Crippen molar-refractivity contribution in [2.45, 2.75) is 27.2 Å². The number of hydrogen-bond acceptors (Lipinski definition) is 3. The van der Waals surface area contributed by atoms with Crippen molar-refractivity contribution in [1.82, 2.24) is 14.8 Å². The highest BCUT2D eigenvalue weighted by atomic mass is 16.2. The summed E-state index contributed by atoms with van der Waals surface area (Å²) in [6.45, 7) is 6.05. The fraction of sp³-hybridized carbons (Fsp3) is 0.160. The lowest BCUT2D eigenvalue weighted by Crippen LogP contribution is -2.14. The van der Waals surface area contributed by atoms with E-state index in [1.54, 1.807) is 4.68 Å². The van der Waals surface area contributed by atoms with Gasteiger partial charge in [0.15, 0.2) is 0 Å². The molecule has 3 aromatic carbocycles. The zero-order valence-electron chi connectivity index (χ0n) is 17.4. The Morgan fingerprint density at radius 3 is 2.20 bits per heavy atom. The van der Waals surface area contributed by atoms with Crippen LogP contribution in [0.25, 0.3) is 5.69 Å². The van der Waals surface area contributed by atoms with Gasteiger partial charge in [0, 0.05) is 12.1 Å². The minimum absolute atomic E-state index is 0.153. The van der Waals surface area contributed by atoms with E-state index in [2.05, 4.69) is 21.5 Å². The molecule has 0 atom stereocenters. The van der Waals surface area contributed by atoms with Gasteiger partial charge in [-0.05, 0) is 61.7 Å². The van der Waals surface area contributed by atoms with E-state index < -0.39 is 0 Å². The Hall–Kier alpha value is -3.73. The van der Waals surface area contributed by atoms with E-state index in [9.17, 15) is 4.79 Å². The summed E-state index contributed by atoms with van der Waals surface area (Å²) in [4.78, 5) is 17.5. The van der Waals surface area contributed by atoms with Crippen molar-refractivity contribution in [3.8, 4) is 5.69 Å². The van der Waals surface area contributed by atoms with Crippen LogP contribution in [-0.4, -0.2) is 20.7 Å². The number of anilines is 1. The third kappa shape index (κ3) is 4.46. The van der Waals surface area contributed by atoms with Gasteiger partial charge in [0.1, 0.15) is 5.82 Å². The van der Waals surface area contributed by atoms with Crippen molar-refractivity contribution < 1.29 is 4.79 Å². The van der Waals surface area contributed by atoms with Gasteiger partial charge in [-0.2, -0.15) is 0 Å². The molecule has 5 heteroatoms. The molecular weight excluding hydrogens is 372 g/mol. The summed E-state index contributed by atoms with van der Waals surface area (Å²) in [6, 6.07) is 24.0. The van der Waals surface area contributed by atoms with E-state index in [4.69, 9.17) is 0 Å². The van der Waals surface area contributed by atoms with Gasteiger partial charge >= 0.3 is 0 Å². The molecule has 4 rings (SSSR count). The topological polar surface area (TPSA) is 59.8 Å². The number of nitrogens with zero attached hydrogens (tertiary/aromatic N) is 3. The second-order valence-corrected chi connectivity index (χ2v) is 7.59. The molecule has 5 nitrogen and oxygen atoms in total. The quantitative estimate of drug-likeness (QED) is 0.514. The van der Waals surface area contributed by atoms with Gasteiger partial charge in [0.2, 0.25) is 5.82 Å². The standard InChI is InChI=1S/C25H24N4O/c1-17-9-11-22(12-10-17)29-23(16-20-7-5-4-6-8-20)27-24(28-29)25(30)26-21-14-18(2)13-19(3)15-21/h4-15H,16H2,1-3H3,(H,26,30). The molecule has 0 radical (unpaired) electrons. The summed E-state index contributed by atoms with van der Waals surface area (Å²) < 4.78 is 1.75. The molecular formula is C25H24N4O. The zero-order valence-corrected chi connectivity index (χ0v) is 17.4. The number of aryl methyl sites for hydroxylation is 3. The summed E-state index contributed by atoms with van der Waals surface area (Å²) in [5, 5.41) is 7.47. The van der Waals surface area contributed by atoms with Gasteiger partial charge in [0.05, 0.1) is 5.69 Å². The zero-order chi connectivity index (χ0) is 21.1. The van der Waals surface area contributed by atoms with Crippen LogP contribution in [0.1, 0.15) is 38.7 Å². The smallest absolute Gasteiger partial charge is 0.295 e. The first-order valence-corrected chi connectivity index (χ1v) is 9.94. The maximum atomic E-state index is 12.9. The van der Waals surface area contributed by atoms with E-state index in [1.165, 1.54) is 0 Å². The van der Waals surface area contributed by atoms with Crippen molar-refractivity contribution in [2.24, 2.45) is 0 Å². The molecule has 0 saturated carbocycles. The lowest BCUT2D eigenvalue weighted by molar-refractivity contribution is 0.101. The number of amides is 1. The molecule has 30 heavy (non-hydrogen) atoms. The Morgan fingerprint density at radius 1 is 0.867 bits per heavy atom. The summed E-state index contributed by atoms with van der Waals surface area (Å²) in [7, 11) is 0. The van der Waals surface area contributed by atoms with E-state index in [0.29, 0.717) is 6.42 Å². The molecule has 0 fully saturated rings. The maximum Gasteiger partial charge on any atom is 0.295 e. The third-order valence-electron chi connectivity index (χ3n) is 4.84. The summed E-state index contributed by atoms with van der Waals surface area (Å²) >= 11 is 0.